The smallest absolute Gasteiger partial charge is 0.249 e. The van der Waals surface area contributed by atoms with Gasteiger partial charge in [-0.3, -0.25) is 9.48 Å². The third-order valence-electron chi connectivity index (χ3n) is 3.85. The van der Waals surface area contributed by atoms with E-state index in [4.69, 9.17) is 5.73 Å². The molecule has 0 bridgehead atoms. The molecule has 1 aromatic heterocycles. The summed E-state index contributed by atoms with van der Waals surface area (Å²) in [4.78, 5) is 12.8. The zero-order valence-electron chi connectivity index (χ0n) is 13.3. The minimum absolute atomic E-state index is 0.0944. The van der Waals surface area contributed by atoms with Crippen molar-refractivity contribution < 1.29 is 4.79 Å². The lowest BCUT2D eigenvalue weighted by Crippen LogP contribution is -2.33. The van der Waals surface area contributed by atoms with Crippen LogP contribution in [-0.4, -0.2) is 15.7 Å². The van der Waals surface area contributed by atoms with Crippen LogP contribution in [0.3, 0.4) is 0 Å². The lowest BCUT2D eigenvalue weighted by Gasteiger charge is -2.18. The summed E-state index contributed by atoms with van der Waals surface area (Å²) in [7, 11) is 0. The zero-order valence-corrected chi connectivity index (χ0v) is 13.3. The fourth-order valence-corrected chi connectivity index (χ4v) is 2.65. The Balaban J connectivity index is 1.77. The Morgan fingerprint density at radius 1 is 1.08 bits per heavy atom. The van der Waals surface area contributed by atoms with Crippen molar-refractivity contribution in [3.8, 4) is 0 Å². The van der Waals surface area contributed by atoms with Gasteiger partial charge in [-0.1, -0.05) is 54.6 Å². The fraction of sp³-hybridized carbons (Fsp3) is 0.158. The van der Waals surface area contributed by atoms with E-state index >= 15 is 0 Å². The summed E-state index contributed by atoms with van der Waals surface area (Å²) in [6.07, 6.45) is 3.47. The molecule has 0 aliphatic heterocycles. The van der Waals surface area contributed by atoms with Gasteiger partial charge in [0.15, 0.2) is 6.04 Å². The molecule has 0 saturated carbocycles. The molecule has 0 spiro atoms. The van der Waals surface area contributed by atoms with E-state index < -0.39 is 6.04 Å². The number of rotatable bonds is 6. The second-order valence-corrected chi connectivity index (χ2v) is 5.54. The van der Waals surface area contributed by atoms with E-state index in [1.807, 2.05) is 60.7 Å². The predicted octanol–water partition coefficient (Wildman–Crippen LogP) is 2.25. The van der Waals surface area contributed by atoms with Gasteiger partial charge >= 0.3 is 0 Å². The number of carbonyl (C=O) groups excluding carboxylic acids is 1. The van der Waals surface area contributed by atoms with Crippen molar-refractivity contribution in [2.75, 3.05) is 0 Å². The van der Waals surface area contributed by atoms with Crippen molar-refractivity contribution in [1.29, 1.82) is 0 Å². The highest BCUT2D eigenvalue weighted by atomic mass is 16.2. The first-order chi connectivity index (χ1) is 11.8. The van der Waals surface area contributed by atoms with Gasteiger partial charge in [-0.15, -0.1) is 0 Å². The normalized spacial score (nSPS) is 11.9. The Morgan fingerprint density at radius 2 is 1.88 bits per heavy atom. The number of hydrogen-bond acceptors (Lipinski definition) is 3. The number of amides is 1. The van der Waals surface area contributed by atoms with Crippen LogP contribution in [0, 0.1) is 0 Å². The Hall–Kier alpha value is -2.92. The molecule has 122 valence electrons. The average Bonchev–Trinajstić information content (AvgIpc) is 3.15. The molecule has 0 aliphatic rings. The number of aromatic nitrogens is 2. The molecule has 3 N–H and O–H groups in total. The number of nitrogens with zero attached hydrogens (tertiary/aromatic N) is 2. The number of hydrogen-bond donors (Lipinski definition) is 2. The summed E-state index contributed by atoms with van der Waals surface area (Å²) >= 11 is 0. The minimum Gasteiger partial charge on any atom is -0.350 e. The van der Waals surface area contributed by atoms with Gasteiger partial charge in [0.25, 0.3) is 0 Å². The quantitative estimate of drug-likeness (QED) is 0.731. The summed E-state index contributed by atoms with van der Waals surface area (Å²) < 4.78 is 1.67. The molecule has 5 heteroatoms. The minimum atomic E-state index is -0.487. The molecule has 1 amide bonds. The number of carbonyl (C=O) groups is 1. The SMILES string of the molecule is NCc1cccc(CNC(=O)C(c2ccccc2)n2cccn2)c1. The molecule has 3 rings (SSSR count). The molecule has 0 radical (unpaired) electrons. The van der Waals surface area contributed by atoms with Gasteiger partial charge in [-0.2, -0.15) is 5.10 Å². The van der Waals surface area contributed by atoms with Crippen molar-refractivity contribution in [3.05, 3.63) is 89.7 Å². The molecule has 2 aromatic carbocycles. The standard InChI is InChI=1S/C19H20N4O/c20-13-15-6-4-7-16(12-15)14-21-19(24)18(23-11-5-10-22-23)17-8-2-1-3-9-17/h1-12,18H,13-14,20H2,(H,21,24). The van der Waals surface area contributed by atoms with Gasteiger partial charge in [-0.05, 0) is 22.8 Å². The zero-order chi connectivity index (χ0) is 16.8. The van der Waals surface area contributed by atoms with Gasteiger partial charge in [0, 0.05) is 25.5 Å². The van der Waals surface area contributed by atoms with Gasteiger partial charge in [0.2, 0.25) is 5.91 Å². The third-order valence-corrected chi connectivity index (χ3v) is 3.85. The van der Waals surface area contributed by atoms with Crippen molar-refractivity contribution in [1.82, 2.24) is 15.1 Å². The van der Waals surface area contributed by atoms with E-state index in [0.717, 1.165) is 16.7 Å². The second-order valence-electron chi connectivity index (χ2n) is 5.54. The van der Waals surface area contributed by atoms with Gasteiger partial charge in [0.05, 0.1) is 0 Å². The maximum absolute atomic E-state index is 12.8. The summed E-state index contributed by atoms with van der Waals surface area (Å²) in [5, 5.41) is 7.23. The van der Waals surface area contributed by atoms with E-state index in [1.54, 1.807) is 17.1 Å². The van der Waals surface area contributed by atoms with Crippen molar-refractivity contribution >= 4 is 5.91 Å². The predicted molar refractivity (Wildman–Crippen MR) is 93.0 cm³/mol. The molecule has 1 heterocycles. The molecule has 1 atom stereocenters. The Bertz CT molecular complexity index is 784. The maximum atomic E-state index is 12.8. The molecule has 0 saturated heterocycles. The highest BCUT2D eigenvalue weighted by Crippen LogP contribution is 2.17. The first-order valence-electron chi connectivity index (χ1n) is 7.87. The van der Waals surface area contributed by atoms with Crippen LogP contribution in [0.15, 0.2) is 73.1 Å². The first-order valence-corrected chi connectivity index (χ1v) is 7.87. The van der Waals surface area contributed by atoms with Gasteiger partial charge in [0.1, 0.15) is 0 Å². The van der Waals surface area contributed by atoms with E-state index in [0.29, 0.717) is 13.1 Å². The third kappa shape index (κ3) is 3.70. The van der Waals surface area contributed by atoms with E-state index in [2.05, 4.69) is 10.4 Å². The van der Waals surface area contributed by atoms with Gasteiger partial charge < -0.3 is 11.1 Å². The van der Waals surface area contributed by atoms with E-state index in [9.17, 15) is 4.79 Å². The summed E-state index contributed by atoms with van der Waals surface area (Å²) in [5.74, 6) is -0.0944. The molecule has 0 fully saturated rings. The monoisotopic (exact) mass is 320 g/mol. The largest absolute Gasteiger partial charge is 0.350 e. The molecule has 1 unspecified atom stereocenters. The second kappa shape index (κ2) is 7.57. The summed E-state index contributed by atoms with van der Waals surface area (Å²) in [6, 6.07) is 18.9. The Labute approximate surface area is 141 Å². The molecule has 5 nitrogen and oxygen atoms in total. The van der Waals surface area contributed by atoms with Crippen molar-refractivity contribution in [3.63, 3.8) is 0 Å². The van der Waals surface area contributed by atoms with Crippen LogP contribution >= 0.6 is 0 Å². The van der Waals surface area contributed by atoms with Gasteiger partial charge in [-0.25, -0.2) is 0 Å². The molecular formula is C19H20N4O. The van der Waals surface area contributed by atoms with Crippen LogP contribution in [0.1, 0.15) is 22.7 Å². The molecular weight excluding hydrogens is 300 g/mol. The number of nitrogens with one attached hydrogen (secondary N) is 1. The molecule has 3 aromatic rings. The van der Waals surface area contributed by atoms with Crippen molar-refractivity contribution in [2.45, 2.75) is 19.1 Å². The fourth-order valence-electron chi connectivity index (χ4n) is 2.65. The van der Waals surface area contributed by atoms with Crippen LogP contribution < -0.4 is 11.1 Å². The first kappa shape index (κ1) is 16.0. The summed E-state index contributed by atoms with van der Waals surface area (Å²) in [6.45, 7) is 0.943. The molecule has 0 aliphatic carbocycles. The number of benzene rings is 2. The van der Waals surface area contributed by atoms with E-state index in [-0.39, 0.29) is 5.91 Å². The highest BCUT2D eigenvalue weighted by Gasteiger charge is 2.22. The number of nitrogens with two attached hydrogens (primary N) is 1. The Morgan fingerprint density at radius 3 is 2.58 bits per heavy atom. The van der Waals surface area contributed by atoms with Crippen LogP contribution in [0.25, 0.3) is 0 Å². The van der Waals surface area contributed by atoms with Crippen molar-refractivity contribution in [2.24, 2.45) is 5.73 Å². The Kier molecular flexibility index (Phi) is 5.03. The van der Waals surface area contributed by atoms with Crippen LogP contribution in [-0.2, 0) is 17.9 Å². The summed E-state index contributed by atoms with van der Waals surface area (Å²) in [5.41, 5.74) is 8.64. The lowest BCUT2D eigenvalue weighted by atomic mass is 10.1. The highest BCUT2D eigenvalue weighted by molar-refractivity contribution is 5.83. The molecule has 24 heavy (non-hydrogen) atoms. The maximum Gasteiger partial charge on any atom is 0.249 e. The van der Waals surface area contributed by atoms with E-state index in [1.165, 1.54) is 0 Å². The van der Waals surface area contributed by atoms with Crippen LogP contribution in [0.4, 0.5) is 0 Å². The lowest BCUT2D eigenvalue weighted by molar-refractivity contribution is -0.123. The van der Waals surface area contributed by atoms with Crippen LogP contribution in [0.2, 0.25) is 0 Å². The average molecular weight is 320 g/mol. The topological polar surface area (TPSA) is 72.9 Å². The van der Waals surface area contributed by atoms with Crippen LogP contribution in [0.5, 0.6) is 0 Å².